The minimum atomic E-state index is 0.0853. The van der Waals surface area contributed by atoms with Gasteiger partial charge in [0.2, 0.25) is 0 Å². The monoisotopic (exact) mass is 226 g/mol. The van der Waals surface area contributed by atoms with Crippen molar-refractivity contribution in [1.29, 1.82) is 0 Å². The Labute approximate surface area is 97.1 Å². The largest absolute Gasteiger partial charge is 0.326 e. The van der Waals surface area contributed by atoms with Crippen LogP contribution >= 0.6 is 11.3 Å². The summed E-state index contributed by atoms with van der Waals surface area (Å²) in [7, 11) is 4.22. The molecule has 2 atom stereocenters. The number of hydrogen-bond donors (Lipinski definition) is 1. The molecule has 0 aliphatic heterocycles. The van der Waals surface area contributed by atoms with Gasteiger partial charge in [0.1, 0.15) is 0 Å². The molecule has 0 fully saturated rings. The maximum absolute atomic E-state index is 6.32. The molecule has 0 spiro atoms. The number of thiophene rings is 1. The molecule has 1 aromatic heterocycles. The van der Waals surface area contributed by atoms with Crippen molar-refractivity contribution < 1.29 is 0 Å². The van der Waals surface area contributed by atoms with E-state index in [1.165, 1.54) is 5.56 Å². The summed E-state index contributed by atoms with van der Waals surface area (Å²) in [6.07, 6.45) is 2.04. The molecular formula is C12H22N2S. The van der Waals surface area contributed by atoms with E-state index in [1.807, 2.05) is 0 Å². The van der Waals surface area contributed by atoms with E-state index in [-0.39, 0.29) is 11.6 Å². The van der Waals surface area contributed by atoms with Crippen LogP contribution in [-0.4, -0.2) is 30.6 Å². The molecule has 1 rings (SSSR count). The molecule has 3 heteroatoms. The Morgan fingerprint density at radius 3 is 2.60 bits per heavy atom. The van der Waals surface area contributed by atoms with E-state index in [4.69, 9.17) is 5.73 Å². The standard InChI is InChI=1S/C12H22N2S/c1-5-12(2,14(3)4)11(13)8-10-6-7-15-9-10/h6-7,9,11H,5,8,13H2,1-4H3. The van der Waals surface area contributed by atoms with Gasteiger partial charge in [-0.1, -0.05) is 6.92 Å². The van der Waals surface area contributed by atoms with Crippen LogP contribution in [0.2, 0.25) is 0 Å². The Morgan fingerprint density at radius 2 is 2.20 bits per heavy atom. The topological polar surface area (TPSA) is 29.3 Å². The van der Waals surface area contributed by atoms with Gasteiger partial charge >= 0.3 is 0 Å². The summed E-state index contributed by atoms with van der Waals surface area (Å²) in [5, 5.41) is 4.30. The van der Waals surface area contributed by atoms with Crippen molar-refractivity contribution in [2.24, 2.45) is 5.73 Å². The summed E-state index contributed by atoms with van der Waals surface area (Å²) in [4.78, 5) is 2.24. The van der Waals surface area contributed by atoms with Crippen LogP contribution in [0.4, 0.5) is 0 Å². The third-order valence-electron chi connectivity index (χ3n) is 3.57. The lowest BCUT2D eigenvalue weighted by molar-refractivity contribution is 0.131. The Morgan fingerprint density at radius 1 is 1.53 bits per heavy atom. The van der Waals surface area contributed by atoms with E-state index in [9.17, 15) is 0 Å². The third kappa shape index (κ3) is 2.80. The van der Waals surface area contributed by atoms with Gasteiger partial charge in [-0.05, 0) is 56.3 Å². The zero-order valence-corrected chi connectivity index (χ0v) is 11.0. The second-order valence-electron chi connectivity index (χ2n) is 4.55. The predicted octanol–water partition coefficient (Wildman–Crippen LogP) is 2.35. The van der Waals surface area contributed by atoms with Crippen LogP contribution < -0.4 is 5.73 Å². The lowest BCUT2D eigenvalue weighted by Crippen LogP contribution is -2.55. The van der Waals surface area contributed by atoms with Crippen LogP contribution in [-0.2, 0) is 6.42 Å². The van der Waals surface area contributed by atoms with Crippen molar-refractivity contribution in [2.75, 3.05) is 14.1 Å². The summed E-state index contributed by atoms with van der Waals surface area (Å²) >= 11 is 1.74. The van der Waals surface area contributed by atoms with Crippen molar-refractivity contribution in [1.82, 2.24) is 4.90 Å². The first kappa shape index (κ1) is 12.7. The fraction of sp³-hybridized carbons (Fsp3) is 0.667. The highest BCUT2D eigenvalue weighted by atomic mass is 32.1. The molecule has 1 aromatic rings. The Balaban J connectivity index is 2.69. The van der Waals surface area contributed by atoms with Crippen LogP contribution in [0.1, 0.15) is 25.8 Å². The number of likely N-dealkylation sites (N-methyl/N-ethyl adjacent to an activating group) is 1. The molecule has 0 amide bonds. The molecule has 0 aliphatic rings. The molecule has 0 bridgehead atoms. The van der Waals surface area contributed by atoms with Crippen molar-refractivity contribution in [3.63, 3.8) is 0 Å². The smallest absolute Gasteiger partial charge is 0.0326 e. The van der Waals surface area contributed by atoms with Gasteiger partial charge < -0.3 is 10.6 Å². The molecule has 15 heavy (non-hydrogen) atoms. The number of nitrogens with zero attached hydrogens (tertiary/aromatic N) is 1. The van der Waals surface area contributed by atoms with Crippen LogP contribution in [0.3, 0.4) is 0 Å². The third-order valence-corrected chi connectivity index (χ3v) is 4.30. The average molecular weight is 226 g/mol. The Bertz CT molecular complexity index is 282. The van der Waals surface area contributed by atoms with Gasteiger partial charge in [-0.3, -0.25) is 0 Å². The highest BCUT2D eigenvalue weighted by Gasteiger charge is 2.31. The van der Waals surface area contributed by atoms with Crippen LogP contribution in [0.25, 0.3) is 0 Å². The fourth-order valence-corrected chi connectivity index (χ4v) is 2.47. The van der Waals surface area contributed by atoms with Gasteiger partial charge in [-0.15, -0.1) is 0 Å². The molecule has 0 saturated carbocycles. The van der Waals surface area contributed by atoms with Gasteiger partial charge in [0.25, 0.3) is 0 Å². The summed E-state index contributed by atoms with van der Waals surface area (Å²) < 4.78 is 0. The second-order valence-corrected chi connectivity index (χ2v) is 5.33. The minimum Gasteiger partial charge on any atom is -0.326 e. The minimum absolute atomic E-state index is 0.0853. The molecule has 86 valence electrons. The molecule has 2 unspecified atom stereocenters. The Kier molecular flexibility index (Phi) is 4.32. The van der Waals surface area contributed by atoms with Crippen LogP contribution in [0.15, 0.2) is 16.8 Å². The zero-order chi connectivity index (χ0) is 11.5. The molecule has 0 aromatic carbocycles. The first-order valence-corrected chi connectivity index (χ1v) is 6.39. The number of rotatable bonds is 5. The van der Waals surface area contributed by atoms with Crippen LogP contribution in [0.5, 0.6) is 0 Å². The highest BCUT2D eigenvalue weighted by Crippen LogP contribution is 2.22. The summed E-state index contributed by atoms with van der Waals surface area (Å²) in [6, 6.07) is 2.35. The van der Waals surface area contributed by atoms with E-state index in [0.29, 0.717) is 0 Å². The average Bonchev–Trinajstić information content (AvgIpc) is 2.68. The predicted molar refractivity (Wildman–Crippen MR) is 68.4 cm³/mol. The lowest BCUT2D eigenvalue weighted by atomic mass is 9.85. The number of nitrogens with two attached hydrogens (primary N) is 1. The van der Waals surface area contributed by atoms with E-state index in [0.717, 1.165) is 12.8 Å². The number of hydrogen-bond acceptors (Lipinski definition) is 3. The van der Waals surface area contributed by atoms with Gasteiger partial charge in [0.05, 0.1) is 0 Å². The lowest BCUT2D eigenvalue weighted by Gasteiger charge is -2.40. The van der Waals surface area contributed by atoms with Gasteiger partial charge in [0, 0.05) is 11.6 Å². The van der Waals surface area contributed by atoms with Crippen molar-refractivity contribution >= 4 is 11.3 Å². The van der Waals surface area contributed by atoms with Gasteiger partial charge in [0.15, 0.2) is 0 Å². The molecule has 0 radical (unpaired) electrons. The van der Waals surface area contributed by atoms with Gasteiger partial charge in [-0.2, -0.15) is 11.3 Å². The summed E-state index contributed by atoms with van der Waals surface area (Å²) in [5.74, 6) is 0. The normalized spacial score (nSPS) is 17.7. The first-order chi connectivity index (χ1) is 7.00. The summed E-state index contributed by atoms with van der Waals surface area (Å²) in [5.41, 5.74) is 7.76. The molecule has 2 N–H and O–H groups in total. The quantitative estimate of drug-likeness (QED) is 0.835. The second kappa shape index (κ2) is 5.10. The van der Waals surface area contributed by atoms with E-state index in [2.05, 4.69) is 49.7 Å². The van der Waals surface area contributed by atoms with E-state index in [1.54, 1.807) is 11.3 Å². The van der Waals surface area contributed by atoms with E-state index < -0.39 is 0 Å². The van der Waals surface area contributed by atoms with Crippen LogP contribution in [0, 0.1) is 0 Å². The molecular weight excluding hydrogens is 204 g/mol. The zero-order valence-electron chi connectivity index (χ0n) is 10.2. The highest BCUT2D eigenvalue weighted by molar-refractivity contribution is 7.07. The Hall–Kier alpha value is -0.380. The molecule has 1 heterocycles. The first-order valence-electron chi connectivity index (χ1n) is 5.44. The molecule has 0 saturated heterocycles. The van der Waals surface area contributed by atoms with Crippen molar-refractivity contribution in [2.45, 2.75) is 38.3 Å². The molecule has 2 nitrogen and oxygen atoms in total. The van der Waals surface area contributed by atoms with Gasteiger partial charge in [-0.25, -0.2) is 0 Å². The van der Waals surface area contributed by atoms with Crippen molar-refractivity contribution in [3.05, 3.63) is 22.4 Å². The van der Waals surface area contributed by atoms with Crippen molar-refractivity contribution in [3.8, 4) is 0 Å². The van der Waals surface area contributed by atoms with E-state index >= 15 is 0 Å². The summed E-state index contributed by atoms with van der Waals surface area (Å²) in [6.45, 7) is 4.44. The SMILES string of the molecule is CCC(C)(C(N)Cc1ccsc1)N(C)C. The molecule has 0 aliphatic carbocycles. The maximum Gasteiger partial charge on any atom is 0.0326 e. The fourth-order valence-electron chi connectivity index (χ4n) is 1.79. The maximum atomic E-state index is 6.32.